The minimum Gasteiger partial charge on any atom is -0.350 e. The number of nitrogens with zero attached hydrogens (tertiary/aromatic N) is 4. The number of likely N-dealkylation sites (tertiary alicyclic amines) is 1. The third-order valence-corrected chi connectivity index (χ3v) is 5.27. The fourth-order valence-corrected chi connectivity index (χ4v) is 3.58. The van der Waals surface area contributed by atoms with E-state index in [-0.39, 0.29) is 17.9 Å². The first-order valence-electron chi connectivity index (χ1n) is 9.23. The minimum atomic E-state index is -0.211. The molecule has 0 aliphatic carbocycles. The molecule has 0 radical (unpaired) electrons. The zero-order valence-electron chi connectivity index (χ0n) is 15.7. The second-order valence-corrected chi connectivity index (χ2v) is 8.10. The Morgan fingerprint density at radius 3 is 3.04 bits per heavy atom. The van der Waals surface area contributed by atoms with Crippen LogP contribution in [-0.2, 0) is 4.79 Å². The highest BCUT2D eigenvalue weighted by Gasteiger charge is 2.25. The Labute approximate surface area is 163 Å². The number of rotatable bonds is 6. The summed E-state index contributed by atoms with van der Waals surface area (Å²) in [7, 11) is 0. The van der Waals surface area contributed by atoms with Gasteiger partial charge in [-0.25, -0.2) is 4.68 Å². The summed E-state index contributed by atoms with van der Waals surface area (Å²) >= 11 is 1.60. The van der Waals surface area contributed by atoms with Gasteiger partial charge in [-0.1, -0.05) is 25.1 Å². The van der Waals surface area contributed by atoms with Crippen LogP contribution in [0.3, 0.4) is 0 Å². The highest BCUT2D eigenvalue weighted by molar-refractivity contribution is 7.10. The number of piperidine rings is 1. The Morgan fingerprint density at radius 2 is 2.30 bits per heavy atom. The average molecular weight is 388 g/mol. The Kier molecular flexibility index (Phi) is 6.39. The molecule has 2 amide bonds. The number of carbonyl (C=O) groups is 2. The van der Waals surface area contributed by atoms with Crippen LogP contribution in [0.2, 0.25) is 0 Å². The molecule has 1 fully saturated rings. The van der Waals surface area contributed by atoms with E-state index in [0.717, 1.165) is 24.3 Å². The summed E-state index contributed by atoms with van der Waals surface area (Å²) in [6.45, 7) is 5.99. The van der Waals surface area contributed by atoms with Gasteiger partial charge in [-0.2, -0.15) is 0 Å². The SMILES string of the molecule is CC(C)CNC(=O)c1cn([C@@H]2CCCN(C(=O)/C=C/c3cccs3)C2)nn1. The normalized spacial score (nSPS) is 17.6. The molecule has 27 heavy (non-hydrogen) atoms. The van der Waals surface area contributed by atoms with Crippen LogP contribution in [0.25, 0.3) is 6.08 Å². The highest BCUT2D eigenvalue weighted by atomic mass is 32.1. The van der Waals surface area contributed by atoms with E-state index in [1.54, 1.807) is 28.3 Å². The van der Waals surface area contributed by atoms with E-state index >= 15 is 0 Å². The first-order chi connectivity index (χ1) is 13.0. The van der Waals surface area contributed by atoms with Gasteiger partial charge in [0.05, 0.1) is 12.2 Å². The number of nitrogens with one attached hydrogen (secondary N) is 1. The van der Waals surface area contributed by atoms with Crippen LogP contribution in [-0.4, -0.2) is 51.3 Å². The summed E-state index contributed by atoms with van der Waals surface area (Å²) in [5.74, 6) is 0.171. The molecule has 3 rings (SSSR count). The quantitative estimate of drug-likeness (QED) is 0.773. The van der Waals surface area contributed by atoms with Gasteiger partial charge in [-0.3, -0.25) is 9.59 Å². The third kappa shape index (κ3) is 5.26. The molecule has 7 nitrogen and oxygen atoms in total. The maximum atomic E-state index is 12.5. The second-order valence-electron chi connectivity index (χ2n) is 7.12. The molecule has 0 saturated carbocycles. The number of thiophene rings is 1. The molecule has 1 atom stereocenters. The molecule has 2 aromatic heterocycles. The van der Waals surface area contributed by atoms with Crippen LogP contribution >= 0.6 is 11.3 Å². The summed E-state index contributed by atoms with van der Waals surface area (Å²) in [6.07, 6.45) is 6.96. The van der Waals surface area contributed by atoms with E-state index < -0.39 is 0 Å². The van der Waals surface area contributed by atoms with Gasteiger partial charge in [0.25, 0.3) is 5.91 Å². The summed E-state index contributed by atoms with van der Waals surface area (Å²) in [5.41, 5.74) is 0.316. The van der Waals surface area contributed by atoms with Crippen molar-refractivity contribution in [1.82, 2.24) is 25.2 Å². The monoisotopic (exact) mass is 387 g/mol. The highest BCUT2D eigenvalue weighted by Crippen LogP contribution is 2.21. The van der Waals surface area contributed by atoms with Gasteiger partial charge >= 0.3 is 0 Å². The number of aromatic nitrogens is 3. The summed E-state index contributed by atoms with van der Waals surface area (Å²) in [6, 6.07) is 3.98. The van der Waals surface area contributed by atoms with E-state index in [1.165, 1.54) is 0 Å². The topological polar surface area (TPSA) is 80.1 Å². The molecule has 1 aliphatic heterocycles. The fraction of sp³-hybridized carbons (Fsp3) is 0.474. The molecule has 1 aliphatic rings. The van der Waals surface area contributed by atoms with Gasteiger partial charge < -0.3 is 10.2 Å². The van der Waals surface area contributed by atoms with E-state index in [9.17, 15) is 9.59 Å². The molecule has 144 valence electrons. The molecule has 0 aromatic carbocycles. The number of carbonyl (C=O) groups excluding carboxylic acids is 2. The van der Waals surface area contributed by atoms with Crippen molar-refractivity contribution in [2.75, 3.05) is 19.6 Å². The third-order valence-electron chi connectivity index (χ3n) is 4.43. The maximum Gasteiger partial charge on any atom is 0.273 e. The molecule has 1 N–H and O–H groups in total. The molecule has 0 bridgehead atoms. The Morgan fingerprint density at radius 1 is 1.44 bits per heavy atom. The van der Waals surface area contributed by atoms with Crippen LogP contribution in [0.5, 0.6) is 0 Å². The number of hydrogen-bond donors (Lipinski definition) is 1. The van der Waals surface area contributed by atoms with E-state index in [2.05, 4.69) is 15.6 Å². The van der Waals surface area contributed by atoms with Gasteiger partial charge in [0, 0.05) is 30.6 Å². The van der Waals surface area contributed by atoms with Crippen LogP contribution in [0.15, 0.2) is 29.8 Å². The smallest absolute Gasteiger partial charge is 0.273 e. The van der Waals surface area contributed by atoms with Gasteiger partial charge in [0.1, 0.15) is 0 Å². The van der Waals surface area contributed by atoms with Crippen LogP contribution in [0, 0.1) is 5.92 Å². The molecule has 8 heteroatoms. The second kappa shape index (κ2) is 8.94. The predicted molar refractivity (Wildman–Crippen MR) is 105 cm³/mol. The lowest BCUT2D eigenvalue weighted by Crippen LogP contribution is -2.40. The minimum absolute atomic E-state index is 0.00288. The molecular weight excluding hydrogens is 362 g/mol. The van der Waals surface area contributed by atoms with Gasteiger partial charge in [-0.15, -0.1) is 16.4 Å². The van der Waals surface area contributed by atoms with E-state index in [0.29, 0.717) is 24.7 Å². The average Bonchev–Trinajstić information content (AvgIpc) is 3.36. The predicted octanol–water partition coefficient (Wildman–Crippen LogP) is 2.60. The van der Waals surface area contributed by atoms with Crippen molar-refractivity contribution in [2.45, 2.75) is 32.7 Å². The summed E-state index contributed by atoms with van der Waals surface area (Å²) < 4.78 is 1.71. The Balaban J connectivity index is 1.59. The lowest BCUT2D eigenvalue weighted by Gasteiger charge is -2.31. The van der Waals surface area contributed by atoms with Gasteiger partial charge in [-0.05, 0) is 36.3 Å². The fourth-order valence-electron chi connectivity index (χ4n) is 2.96. The van der Waals surface area contributed by atoms with Gasteiger partial charge in [0.2, 0.25) is 5.91 Å². The van der Waals surface area contributed by atoms with Crippen molar-refractivity contribution < 1.29 is 9.59 Å². The maximum absolute atomic E-state index is 12.5. The molecule has 3 heterocycles. The summed E-state index contributed by atoms with van der Waals surface area (Å²) in [4.78, 5) is 27.5. The standard InChI is InChI=1S/C19H25N5O2S/c1-14(2)11-20-19(26)17-13-24(22-21-17)15-5-3-9-23(12-15)18(25)8-7-16-6-4-10-27-16/h4,6-8,10,13-15H,3,5,9,11-12H2,1-2H3,(H,20,26)/b8-7+/t15-/m1/s1. The van der Waals surface area contributed by atoms with Gasteiger partial charge in [0.15, 0.2) is 5.69 Å². The molecule has 2 aromatic rings. The first kappa shape index (κ1) is 19.3. The van der Waals surface area contributed by atoms with Crippen molar-refractivity contribution in [3.63, 3.8) is 0 Å². The van der Waals surface area contributed by atoms with Crippen molar-refractivity contribution in [2.24, 2.45) is 5.92 Å². The lowest BCUT2D eigenvalue weighted by atomic mass is 10.1. The largest absolute Gasteiger partial charge is 0.350 e. The van der Waals surface area contributed by atoms with Crippen molar-refractivity contribution in [3.05, 3.63) is 40.4 Å². The Bertz CT molecular complexity index is 797. The van der Waals surface area contributed by atoms with E-state index in [1.807, 2.05) is 42.3 Å². The Hall–Kier alpha value is -2.48. The number of amides is 2. The molecule has 0 unspecified atom stereocenters. The van der Waals surface area contributed by atoms with Crippen LogP contribution < -0.4 is 5.32 Å². The molecular formula is C19H25N5O2S. The lowest BCUT2D eigenvalue weighted by molar-refractivity contribution is -0.127. The zero-order chi connectivity index (χ0) is 19.2. The number of hydrogen-bond acceptors (Lipinski definition) is 5. The van der Waals surface area contributed by atoms with E-state index in [4.69, 9.17) is 0 Å². The molecule has 0 spiro atoms. The van der Waals surface area contributed by atoms with Crippen LogP contribution in [0.4, 0.5) is 0 Å². The van der Waals surface area contributed by atoms with Crippen LogP contribution in [0.1, 0.15) is 48.1 Å². The van der Waals surface area contributed by atoms with Crippen molar-refractivity contribution in [3.8, 4) is 0 Å². The molecule has 1 saturated heterocycles. The van der Waals surface area contributed by atoms with Crippen molar-refractivity contribution in [1.29, 1.82) is 0 Å². The first-order valence-corrected chi connectivity index (χ1v) is 10.1. The zero-order valence-corrected chi connectivity index (χ0v) is 16.5. The van der Waals surface area contributed by atoms with Crippen molar-refractivity contribution >= 4 is 29.2 Å². The summed E-state index contributed by atoms with van der Waals surface area (Å²) in [5, 5.41) is 12.9.